The van der Waals surface area contributed by atoms with Crippen LogP contribution in [0.4, 0.5) is 0 Å². The first-order valence-electron chi connectivity index (χ1n) is 9.53. The van der Waals surface area contributed by atoms with Crippen LogP contribution in [0, 0.1) is 0 Å². The predicted octanol–water partition coefficient (Wildman–Crippen LogP) is 1.73. The van der Waals surface area contributed by atoms with Crippen molar-refractivity contribution < 1.29 is 26.5 Å². The van der Waals surface area contributed by atoms with Gasteiger partial charge in [0.1, 0.15) is 15.9 Å². The average molecular weight is 459 g/mol. The van der Waals surface area contributed by atoms with Gasteiger partial charge < -0.3 is 26.5 Å². The van der Waals surface area contributed by atoms with Crippen LogP contribution < -0.4 is 32.9 Å². The minimum absolute atomic E-state index is 0. The van der Waals surface area contributed by atoms with Gasteiger partial charge in [-0.25, -0.2) is 0 Å². The third kappa shape index (κ3) is 4.09. The molecule has 2 nitrogen and oxygen atoms in total. The van der Waals surface area contributed by atoms with E-state index in [-0.39, 0.29) is 17.0 Å². The Morgan fingerprint density at radius 2 is 0.893 bits per heavy atom. The Morgan fingerprint density at radius 1 is 0.607 bits per heavy atom. The molecule has 0 atom stereocenters. The number of halogens is 1. The Bertz CT molecular complexity index is 722. The van der Waals surface area contributed by atoms with Gasteiger partial charge in [-0.05, 0) is 50.2 Å². The molecule has 0 unspecified atom stereocenters. The quantitative estimate of drug-likeness (QED) is 0.378. The fourth-order valence-corrected chi connectivity index (χ4v) is 8.68. The lowest BCUT2D eigenvalue weighted by atomic mass is 10.4. The standard InChI is InChI=1S/C24H28O2P.BrH/c1-4-25-24(3,26-5-2)27(21-15-9-6-10-16-21,22-17-11-7-12-18-22)23-19-13-8-14-20-23;/h6-20H,4-5H2,1-3H3;1H/q+1;/p-1. The minimum atomic E-state index is -2.25. The molecule has 3 rings (SSSR count). The largest absolute Gasteiger partial charge is 1.00 e. The van der Waals surface area contributed by atoms with Crippen LogP contribution >= 0.6 is 7.26 Å². The molecule has 0 fully saturated rings. The molecule has 3 aromatic rings. The van der Waals surface area contributed by atoms with Crippen LogP contribution in [0.5, 0.6) is 0 Å². The molecule has 0 aromatic heterocycles. The van der Waals surface area contributed by atoms with E-state index in [1.807, 2.05) is 13.8 Å². The van der Waals surface area contributed by atoms with Crippen molar-refractivity contribution in [3.63, 3.8) is 0 Å². The summed E-state index contributed by atoms with van der Waals surface area (Å²) in [6.07, 6.45) is 0. The number of benzene rings is 3. The normalized spacial score (nSPS) is 11.7. The molecule has 0 saturated heterocycles. The van der Waals surface area contributed by atoms with Gasteiger partial charge in [0.05, 0.1) is 13.2 Å². The molecule has 0 aliphatic rings. The highest BCUT2D eigenvalue weighted by Crippen LogP contribution is 2.66. The Labute approximate surface area is 180 Å². The SMILES string of the molecule is CCOC(C)(OCC)[P+](c1ccccc1)(c1ccccc1)c1ccccc1.[Br-]. The van der Waals surface area contributed by atoms with Gasteiger partial charge in [-0.3, -0.25) is 0 Å². The van der Waals surface area contributed by atoms with Crippen LogP contribution in [-0.4, -0.2) is 18.7 Å². The summed E-state index contributed by atoms with van der Waals surface area (Å²) >= 11 is 0. The molecule has 0 heterocycles. The van der Waals surface area contributed by atoms with E-state index in [1.165, 1.54) is 15.9 Å². The van der Waals surface area contributed by atoms with E-state index in [9.17, 15) is 0 Å². The molecule has 0 saturated carbocycles. The van der Waals surface area contributed by atoms with E-state index in [0.29, 0.717) is 13.2 Å². The van der Waals surface area contributed by atoms with Crippen LogP contribution in [0.15, 0.2) is 91.0 Å². The van der Waals surface area contributed by atoms with E-state index in [1.54, 1.807) is 0 Å². The lowest BCUT2D eigenvalue weighted by molar-refractivity contribution is -0.157. The maximum atomic E-state index is 6.43. The summed E-state index contributed by atoms with van der Waals surface area (Å²) in [7, 11) is -2.25. The number of ether oxygens (including phenoxy) is 2. The van der Waals surface area contributed by atoms with Gasteiger partial charge in [0.25, 0.3) is 5.53 Å². The summed E-state index contributed by atoms with van der Waals surface area (Å²) in [6, 6.07) is 32.1. The first-order valence-corrected chi connectivity index (χ1v) is 11.3. The zero-order valence-electron chi connectivity index (χ0n) is 16.7. The predicted molar refractivity (Wildman–Crippen MR) is 117 cm³/mol. The van der Waals surface area contributed by atoms with Crippen molar-refractivity contribution >= 4 is 23.2 Å². The highest BCUT2D eigenvalue weighted by molar-refractivity contribution is 7.96. The monoisotopic (exact) mass is 458 g/mol. The second kappa shape index (κ2) is 10.3. The Hall–Kier alpha value is -1.51. The van der Waals surface area contributed by atoms with Gasteiger partial charge >= 0.3 is 0 Å². The summed E-state index contributed by atoms with van der Waals surface area (Å²) in [5.74, 6) is 0. The highest BCUT2D eigenvalue weighted by atomic mass is 79.9. The lowest BCUT2D eigenvalue weighted by Crippen LogP contribution is -3.00. The van der Waals surface area contributed by atoms with Gasteiger partial charge in [-0.15, -0.1) is 0 Å². The van der Waals surface area contributed by atoms with Crippen molar-refractivity contribution in [2.24, 2.45) is 0 Å². The molecule has 0 aliphatic carbocycles. The van der Waals surface area contributed by atoms with Crippen LogP contribution in [-0.2, 0) is 9.47 Å². The molecular formula is C24H28BrO2P. The Balaban J connectivity index is 0.00000280. The number of hydrogen-bond acceptors (Lipinski definition) is 2. The van der Waals surface area contributed by atoms with Crippen LogP contribution in [0.2, 0.25) is 0 Å². The number of hydrogen-bond donors (Lipinski definition) is 0. The van der Waals surface area contributed by atoms with E-state index >= 15 is 0 Å². The Kier molecular flexibility index (Phi) is 8.39. The zero-order chi connectivity index (χ0) is 19.2. The van der Waals surface area contributed by atoms with E-state index in [2.05, 4.69) is 97.9 Å². The second-order valence-electron chi connectivity index (χ2n) is 6.44. The summed E-state index contributed by atoms with van der Waals surface area (Å²) in [5, 5.41) is 3.77. The molecule has 0 amide bonds. The highest BCUT2D eigenvalue weighted by Gasteiger charge is 2.62. The van der Waals surface area contributed by atoms with Gasteiger partial charge in [-0.1, -0.05) is 54.6 Å². The summed E-state index contributed by atoms with van der Waals surface area (Å²) < 4.78 is 12.9. The molecule has 0 bridgehead atoms. The molecule has 28 heavy (non-hydrogen) atoms. The zero-order valence-corrected chi connectivity index (χ0v) is 19.2. The molecular weight excluding hydrogens is 431 g/mol. The summed E-state index contributed by atoms with van der Waals surface area (Å²) in [4.78, 5) is 0. The third-order valence-corrected chi connectivity index (χ3v) is 9.56. The van der Waals surface area contributed by atoms with Crippen molar-refractivity contribution in [2.75, 3.05) is 13.2 Å². The fourth-order valence-electron chi connectivity index (χ4n) is 3.88. The maximum absolute atomic E-state index is 6.43. The summed E-state index contributed by atoms with van der Waals surface area (Å²) in [6.45, 7) is 7.36. The van der Waals surface area contributed by atoms with E-state index in [4.69, 9.17) is 9.47 Å². The molecule has 0 N–H and O–H groups in total. The minimum Gasteiger partial charge on any atom is -1.00 e. The van der Waals surface area contributed by atoms with Crippen LogP contribution in [0.25, 0.3) is 0 Å². The van der Waals surface area contributed by atoms with Crippen molar-refractivity contribution in [1.29, 1.82) is 0 Å². The fraction of sp³-hybridized carbons (Fsp3) is 0.250. The number of rotatable bonds is 8. The van der Waals surface area contributed by atoms with Crippen LogP contribution in [0.3, 0.4) is 0 Å². The van der Waals surface area contributed by atoms with Crippen molar-refractivity contribution in [1.82, 2.24) is 0 Å². The molecule has 3 aromatic carbocycles. The maximum Gasteiger partial charge on any atom is 0.295 e. The first kappa shape index (κ1) is 22.8. The average Bonchev–Trinajstić information content (AvgIpc) is 2.71. The molecule has 0 aliphatic heterocycles. The topological polar surface area (TPSA) is 18.5 Å². The summed E-state index contributed by atoms with van der Waals surface area (Å²) in [5.41, 5.74) is -0.763. The first-order chi connectivity index (χ1) is 13.2. The van der Waals surface area contributed by atoms with Gasteiger partial charge in [-0.2, -0.15) is 0 Å². The van der Waals surface area contributed by atoms with E-state index in [0.717, 1.165) is 0 Å². The van der Waals surface area contributed by atoms with Gasteiger partial charge in [0, 0.05) is 6.92 Å². The second-order valence-corrected chi connectivity index (χ2v) is 10.1. The van der Waals surface area contributed by atoms with E-state index < -0.39 is 12.8 Å². The van der Waals surface area contributed by atoms with Crippen molar-refractivity contribution in [2.45, 2.75) is 26.3 Å². The van der Waals surface area contributed by atoms with Crippen LogP contribution in [0.1, 0.15) is 20.8 Å². The van der Waals surface area contributed by atoms with Crippen molar-refractivity contribution in [3.8, 4) is 0 Å². The van der Waals surface area contributed by atoms with Gasteiger partial charge in [0.15, 0.2) is 7.26 Å². The third-order valence-electron chi connectivity index (χ3n) is 4.86. The molecule has 0 radical (unpaired) electrons. The molecule has 148 valence electrons. The molecule has 4 heteroatoms. The molecule has 0 spiro atoms. The Morgan fingerprint density at radius 3 is 1.14 bits per heavy atom. The smallest absolute Gasteiger partial charge is 0.295 e. The van der Waals surface area contributed by atoms with Crippen molar-refractivity contribution in [3.05, 3.63) is 91.0 Å². The van der Waals surface area contributed by atoms with Gasteiger partial charge in [0.2, 0.25) is 0 Å². The lowest BCUT2D eigenvalue weighted by Gasteiger charge is -2.41.